The molecule has 0 radical (unpaired) electrons. The van der Waals surface area contributed by atoms with Crippen LogP contribution in [0.4, 0.5) is 0 Å². The van der Waals surface area contributed by atoms with Crippen LogP contribution in [-0.2, 0) is 0 Å². The summed E-state index contributed by atoms with van der Waals surface area (Å²) < 4.78 is 0. The van der Waals surface area contributed by atoms with Gasteiger partial charge in [0, 0.05) is 31.7 Å². The molecule has 2 saturated carbocycles. The Balaban J connectivity index is 1.61. The Hall–Kier alpha value is -0.0800. The molecule has 3 fully saturated rings. The number of hydrogen-bond acceptors (Lipinski definition) is 2. The Labute approximate surface area is 106 Å². The van der Waals surface area contributed by atoms with Crippen LogP contribution in [0.3, 0.4) is 0 Å². The molecular weight excluding hydrogens is 208 g/mol. The van der Waals surface area contributed by atoms with Crippen molar-refractivity contribution in [3.8, 4) is 0 Å². The third-order valence-corrected chi connectivity index (χ3v) is 5.47. The highest BCUT2D eigenvalue weighted by atomic mass is 15.2. The van der Waals surface area contributed by atoms with Crippen molar-refractivity contribution in [3.05, 3.63) is 0 Å². The molecule has 2 heteroatoms. The summed E-state index contributed by atoms with van der Waals surface area (Å²) in [5.74, 6) is 1.01. The third kappa shape index (κ3) is 2.53. The monoisotopic (exact) mass is 236 g/mol. The summed E-state index contributed by atoms with van der Waals surface area (Å²) >= 11 is 0. The van der Waals surface area contributed by atoms with Crippen LogP contribution in [0.1, 0.15) is 52.4 Å². The van der Waals surface area contributed by atoms with E-state index in [2.05, 4.69) is 24.1 Å². The fourth-order valence-electron chi connectivity index (χ4n) is 3.52. The van der Waals surface area contributed by atoms with Crippen molar-refractivity contribution in [2.24, 2.45) is 11.3 Å². The summed E-state index contributed by atoms with van der Waals surface area (Å²) in [6.07, 6.45) is 8.62. The van der Waals surface area contributed by atoms with Crippen LogP contribution in [0.15, 0.2) is 0 Å². The highest BCUT2D eigenvalue weighted by molar-refractivity contribution is 4.99. The molecule has 0 amide bonds. The lowest BCUT2D eigenvalue weighted by molar-refractivity contribution is 0.0935. The molecule has 17 heavy (non-hydrogen) atoms. The maximum absolute atomic E-state index is 3.79. The summed E-state index contributed by atoms with van der Waals surface area (Å²) in [7, 11) is 0. The molecule has 98 valence electrons. The smallest absolute Gasteiger partial charge is 0.0224 e. The molecule has 2 unspecified atom stereocenters. The van der Waals surface area contributed by atoms with Crippen molar-refractivity contribution in [3.63, 3.8) is 0 Å². The lowest BCUT2D eigenvalue weighted by atomic mass is 9.98. The minimum Gasteiger partial charge on any atom is -0.311 e. The number of nitrogens with zero attached hydrogens (tertiary/aromatic N) is 1. The summed E-state index contributed by atoms with van der Waals surface area (Å²) in [6, 6.07) is 1.61. The first-order valence-electron chi connectivity index (χ1n) is 7.74. The number of piperazine rings is 1. The first-order valence-corrected chi connectivity index (χ1v) is 7.74. The predicted octanol–water partition coefficient (Wildman–Crippen LogP) is 2.64. The molecule has 0 aromatic rings. The van der Waals surface area contributed by atoms with Crippen LogP contribution >= 0.6 is 0 Å². The zero-order valence-electron chi connectivity index (χ0n) is 11.5. The van der Waals surface area contributed by atoms with Gasteiger partial charge in [-0.3, -0.25) is 4.90 Å². The second-order valence-electron chi connectivity index (χ2n) is 6.70. The van der Waals surface area contributed by atoms with E-state index in [1.54, 1.807) is 0 Å². The lowest BCUT2D eigenvalue weighted by Gasteiger charge is -2.42. The molecule has 3 rings (SSSR count). The van der Waals surface area contributed by atoms with E-state index in [0.29, 0.717) is 0 Å². The van der Waals surface area contributed by atoms with Crippen LogP contribution in [-0.4, -0.2) is 36.6 Å². The van der Waals surface area contributed by atoms with Gasteiger partial charge >= 0.3 is 0 Å². The average molecular weight is 236 g/mol. The maximum atomic E-state index is 3.79. The van der Waals surface area contributed by atoms with Crippen molar-refractivity contribution in [2.75, 3.05) is 19.6 Å². The van der Waals surface area contributed by atoms with Crippen LogP contribution in [0.2, 0.25) is 0 Å². The molecule has 0 bridgehead atoms. The van der Waals surface area contributed by atoms with Gasteiger partial charge in [-0.1, -0.05) is 13.8 Å². The van der Waals surface area contributed by atoms with E-state index in [9.17, 15) is 0 Å². The first-order chi connectivity index (χ1) is 8.26. The van der Waals surface area contributed by atoms with Crippen molar-refractivity contribution in [1.82, 2.24) is 10.2 Å². The van der Waals surface area contributed by atoms with E-state index in [1.807, 2.05) is 0 Å². The van der Waals surface area contributed by atoms with Gasteiger partial charge < -0.3 is 5.32 Å². The lowest BCUT2D eigenvalue weighted by Crippen LogP contribution is -2.58. The Morgan fingerprint density at radius 3 is 2.53 bits per heavy atom. The van der Waals surface area contributed by atoms with Gasteiger partial charge in [0.1, 0.15) is 0 Å². The fraction of sp³-hybridized carbons (Fsp3) is 1.00. The molecule has 0 aromatic carbocycles. The standard InChI is InChI=1S/C15H28N2/c1-3-13-9-16-14(12-5-6-12)10-17(13)11-15(4-2)7-8-15/h12-14,16H,3-11H2,1-2H3. The maximum Gasteiger partial charge on any atom is 0.0224 e. The van der Waals surface area contributed by atoms with E-state index in [4.69, 9.17) is 0 Å². The quantitative estimate of drug-likeness (QED) is 0.789. The second-order valence-corrected chi connectivity index (χ2v) is 6.70. The van der Waals surface area contributed by atoms with E-state index in [1.165, 1.54) is 58.2 Å². The minimum atomic E-state index is 0.721. The van der Waals surface area contributed by atoms with Crippen molar-refractivity contribution < 1.29 is 0 Å². The van der Waals surface area contributed by atoms with Gasteiger partial charge in [0.05, 0.1) is 0 Å². The summed E-state index contributed by atoms with van der Waals surface area (Å²) in [5.41, 5.74) is 0.721. The van der Waals surface area contributed by atoms with Gasteiger partial charge in [0.15, 0.2) is 0 Å². The Bertz CT molecular complexity index is 268. The Morgan fingerprint density at radius 2 is 2.00 bits per heavy atom. The normalized spacial score (nSPS) is 37.1. The molecule has 3 aliphatic rings. The number of hydrogen-bond donors (Lipinski definition) is 1. The van der Waals surface area contributed by atoms with Crippen molar-refractivity contribution in [2.45, 2.75) is 64.5 Å². The Kier molecular flexibility index (Phi) is 3.20. The third-order valence-electron chi connectivity index (χ3n) is 5.47. The van der Waals surface area contributed by atoms with E-state index in [-0.39, 0.29) is 0 Å². The van der Waals surface area contributed by atoms with Gasteiger partial charge in [0.2, 0.25) is 0 Å². The summed E-state index contributed by atoms with van der Waals surface area (Å²) in [6.45, 7) is 8.67. The molecule has 0 spiro atoms. The van der Waals surface area contributed by atoms with Gasteiger partial charge in [-0.05, 0) is 49.9 Å². The number of rotatable bonds is 5. The second kappa shape index (κ2) is 4.55. The summed E-state index contributed by atoms with van der Waals surface area (Å²) in [4.78, 5) is 2.83. The highest BCUT2D eigenvalue weighted by Gasteiger charge is 2.45. The van der Waals surface area contributed by atoms with Crippen LogP contribution in [0.25, 0.3) is 0 Å². The zero-order valence-corrected chi connectivity index (χ0v) is 11.5. The van der Waals surface area contributed by atoms with Gasteiger partial charge in [0.25, 0.3) is 0 Å². The molecule has 1 saturated heterocycles. The van der Waals surface area contributed by atoms with Gasteiger partial charge in [-0.2, -0.15) is 0 Å². The molecular formula is C15H28N2. The van der Waals surface area contributed by atoms with Crippen LogP contribution in [0, 0.1) is 11.3 Å². The molecule has 1 aliphatic heterocycles. The van der Waals surface area contributed by atoms with E-state index < -0.39 is 0 Å². The largest absolute Gasteiger partial charge is 0.311 e. The molecule has 1 N–H and O–H groups in total. The summed E-state index contributed by atoms with van der Waals surface area (Å²) in [5, 5.41) is 3.79. The molecule has 2 nitrogen and oxygen atoms in total. The average Bonchev–Trinajstić information content (AvgIpc) is 3.24. The molecule has 0 aromatic heterocycles. The van der Waals surface area contributed by atoms with Crippen molar-refractivity contribution in [1.29, 1.82) is 0 Å². The minimum absolute atomic E-state index is 0.721. The molecule has 2 aliphatic carbocycles. The van der Waals surface area contributed by atoms with Crippen LogP contribution < -0.4 is 5.32 Å². The van der Waals surface area contributed by atoms with Crippen molar-refractivity contribution >= 4 is 0 Å². The zero-order chi connectivity index (χ0) is 11.9. The number of nitrogens with one attached hydrogen (secondary N) is 1. The predicted molar refractivity (Wildman–Crippen MR) is 72.1 cm³/mol. The fourth-order valence-corrected chi connectivity index (χ4v) is 3.52. The Morgan fingerprint density at radius 1 is 1.24 bits per heavy atom. The van der Waals surface area contributed by atoms with Gasteiger partial charge in [-0.15, -0.1) is 0 Å². The molecule has 1 heterocycles. The van der Waals surface area contributed by atoms with E-state index >= 15 is 0 Å². The highest BCUT2D eigenvalue weighted by Crippen LogP contribution is 2.49. The first kappa shape index (κ1) is 12.0. The van der Waals surface area contributed by atoms with Gasteiger partial charge in [-0.25, -0.2) is 0 Å². The topological polar surface area (TPSA) is 15.3 Å². The molecule has 2 atom stereocenters. The SMILES string of the molecule is CCC1CNC(C2CC2)CN1CC1(CC)CC1. The van der Waals surface area contributed by atoms with Crippen LogP contribution in [0.5, 0.6) is 0 Å². The van der Waals surface area contributed by atoms with E-state index in [0.717, 1.165) is 23.4 Å².